The summed E-state index contributed by atoms with van der Waals surface area (Å²) < 4.78 is 32.5. The molecule has 0 bridgehead atoms. The van der Waals surface area contributed by atoms with Crippen molar-refractivity contribution in [3.8, 4) is 5.75 Å². The lowest BCUT2D eigenvalue weighted by Crippen LogP contribution is -2.50. The van der Waals surface area contributed by atoms with Crippen LogP contribution in [0.1, 0.15) is 68.8 Å². The number of hydrogen-bond acceptors (Lipinski definition) is 4. The van der Waals surface area contributed by atoms with E-state index in [0.717, 1.165) is 30.2 Å². The summed E-state index contributed by atoms with van der Waals surface area (Å²) in [4.78, 5) is 13.1. The number of hydrogen-bond donors (Lipinski definition) is 1. The zero-order chi connectivity index (χ0) is 24.0. The van der Waals surface area contributed by atoms with Gasteiger partial charge in [0, 0.05) is 0 Å². The van der Waals surface area contributed by atoms with Crippen LogP contribution in [-0.2, 0) is 33.1 Å². The van der Waals surface area contributed by atoms with Crippen LogP contribution in [0.5, 0.6) is 5.75 Å². The van der Waals surface area contributed by atoms with Gasteiger partial charge in [-0.05, 0) is 72.4 Å². The van der Waals surface area contributed by atoms with E-state index in [2.05, 4.69) is 44.3 Å². The van der Waals surface area contributed by atoms with E-state index in [4.69, 9.17) is 4.74 Å². The second kappa shape index (κ2) is 8.67. The molecular weight excluding hydrogens is 436 g/mol. The molecule has 0 spiro atoms. The van der Waals surface area contributed by atoms with Crippen LogP contribution in [0.4, 0.5) is 5.69 Å². The first kappa shape index (κ1) is 23.6. The summed E-state index contributed by atoms with van der Waals surface area (Å²) >= 11 is 0. The van der Waals surface area contributed by atoms with Crippen LogP contribution in [0, 0.1) is 0 Å². The van der Waals surface area contributed by atoms with Gasteiger partial charge in [0.25, 0.3) is 5.91 Å². The van der Waals surface area contributed by atoms with Crippen molar-refractivity contribution < 1.29 is 17.9 Å². The Morgan fingerprint density at radius 3 is 2.45 bits per heavy atom. The molecule has 1 amide bonds. The van der Waals surface area contributed by atoms with Crippen molar-refractivity contribution in [1.82, 2.24) is 5.32 Å². The van der Waals surface area contributed by atoms with Gasteiger partial charge in [0.05, 0.1) is 24.5 Å². The number of carbonyl (C=O) groups excluding carboxylic acids is 1. The van der Waals surface area contributed by atoms with Crippen molar-refractivity contribution in [1.29, 1.82) is 0 Å². The Hall–Kier alpha value is -2.54. The molecule has 6 nitrogen and oxygen atoms in total. The van der Waals surface area contributed by atoms with Crippen LogP contribution >= 0.6 is 0 Å². The number of nitrogens with one attached hydrogen (secondary N) is 1. The SMILES string of the molecule is C[C@@H](NC(=O)[C@@H]1CN(S(C)(=O)=O)c2cc(C(C)(C)C)ccc2O1)c1ccc2c(c1)CCCC2. The number of fused-ring (bicyclic) bond motifs is 2. The average Bonchev–Trinajstić information content (AvgIpc) is 2.76. The van der Waals surface area contributed by atoms with Gasteiger partial charge in [-0.3, -0.25) is 9.10 Å². The third kappa shape index (κ3) is 5.03. The number of nitrogens with zero attached hydrogens (tertiary/aromatic N) is 1. The van der Waals surface area contributed by atoms with E-state index >= 15 is 0 Å². The summed E-state index contributed by atoms with van der Waals surface area (Å²) in [5, 5.41) is 3.03. The smallest absolute Gasteiger partial charge is 0.263 e. The number of rotatable bonds is 4. The van der Waals surface area contributed by atoms with Crippen molar-refractivity contribution >= 4 is 21.6 Å². The fourth-order valence-electron chi connectivity index (χ4n) is 4.58. The van der Waals surface area contributed by atoms with Gasteiger partial charge in [0.2, 0.25) is 10.0 Å². The minimum absolute atomic E-state index is 0.0534. The van der Waals surface area contributed by atoms with Gasteiger partial charge in [-0.25, -0.2) is 8.42 Å². The van der Waals surface area contributed by atoms with Crippen LogP contribution < -0.4 is 14.4 Å². The number of anilines is 1. The molecular formula is C26H34N2O4S. The number of aryl methyl sites for hydroxylation is 2. The molecule has 7 heteroatoms. The van der Waals surface area contributed by atoms with Crippen LogP contribution in [0.25, 0.3) is 0 Å². The molecule has 0 radical (unpaired) electrons. The van der Waals surface area contributed by atoms with Crippen molar-refractivity contribution in [2.24, 2.45) is 0 Å². The molecule has 1 heterocycles. The molecule has 4 rings (SSSR count). The van der Waals surface area contributed by atoms with Crippen molar-refractivity contribution in [3.05, 3.63) is 58.7 Å². The normalized spacial score (nSPS) is 19.2. The van der Waals surface area contributed by atoms with Gasteiger partial charge >= 0.3 is 0 Å². The molecule has 33 heavy (non-hydrogen) atoms. The van der Waals surface area contributed by atoms with E-state index < -0.39 is 16.1 Å². The van der Waals surface area contributed by atoms with Crippen molar-refractivity contribution in [2.45, 2.75) is 70.9 Å². The molecule has 0 saturated heterocycles. The first-order valence-corrected chi connectivity index (χ1v) is 13.5. The predicted molar refractivity (Wildman–Crippen MR) is 131 cm³/mol. The monoisotopic (exact) mass is 470 g/mol. The minimum Gasteiger partial charge on any atom is -0.476 e. The number of amides is 1. The maximum absolute atomic E-state index is 13.1. The van der Waals surface area contributed by atoms with Crippen LogP contribution in [0.2, 0.25) is 0 Å². The molecule has 0 saturated carbocycles. The highest BCUT2D eigenvalue weighted by molar-refractivity contribution is 7.92. The summed E-state index contributed by atoms with van der Waals surface area (Å²) in [7, 11) is -3.59. The lowest BCUT2D eigenvalue weighted by Gasteiger charge is -2.35. The fraction of sp³-hybridized carbons (Fsp3) is 0.500. The van der Waals surface area contributed by atoms with Crippen LogP contribution in [0.3, 0.4) is 0 Å². The van der Waals surface area contributed by atoms with Crippen molar-refractivity contribution in [3.63, 3.8) is 0 Å². The fourth-order valence-corrected chi connectivity index (χ4v) is 5.49. The van der Waals surface area contributed by atoms with E-state index in [0.29, 0.717) is 11.4 Å². The first-order chi connectivity index (χ1) is 15.4. The summed E-state index contributed by atoms with van der Waals surface area (Å²) in [5.41, 5.74) is 5.15. The second-order valence-corrected chi connectivity index (χ2v) is 12.2. The van der Waals surface area contributed by atoms with E-state index in [1.54, 1.807) is 6.07 Å². The van der Waals surface area contributed by atoms with Gasteiger partial charge in [-0.1, -0.05) is 45.0 Å². The van der Waals surface area contributed by atoms with E-state index in [-0.39, 0.29) is 23.9 Å². The third-order valence-electron chi connectivity index (χ3n) is 6.62. The Balaban J connectivity index is 1.55. The second-order valence-electron chi connectivity index (χ2n) is 10.3. The molecule has 2 aliphatic rings. The highest BCUT2D eigenvalue weighted by atomic mass is 32.2. The summed E-state index contributed by atoms with van der Waals surface area (Å²) in [6.45, 7) is 8.11. The summed E-state index contributed by atoms with van der Waals surface area (Å²) in [6.07, 6.45) is 4.86. The van der Waals surface area contributed by atoms with Crippen LogP contribution in [-0.4, -0.2) is 33.2 Å². The van der Waals surface area contributed by atoms with E-state index in [1.165, 1.54) is 28.3 Å². The van der Waals surface area contributed by atoms with Gasteiger partial charge in [-0.15, -0.1) is 0 Å². The summed E-state index contributed by atoms with van der Waals surface area (Å²) in [6, 6.07) is 11.8. The molecule has 0 unspecified atom stereocenters. The maximum atomic E-state index is 13.1. The van der Waals surface area contributed by atoms with Gasteiger partial charge in [-0.2, -0.15) is 0 Å². The maximum Gasteiger partial charge on any atom is 0.263 e. The highest BCUT2D eigenvalue weighted by Gasteiger charge is 2.36. The molecule has 178 valence electrons. The quantitative estimate of drug-likeness (QED) is 0.724. The standard InChI is InChI=1S/C26H34N2O4S/c1-17(19-11-10-18-8-6-7-9-20(18)14-19)27-25(29)24-16-28(33(5,30)31)22-15-21(26(2,3)4)12-13-23(22)32-24/h10-15,17,24H,6-9,16H2,1-5H3,(H,27,29)/t17-,24+/m1/s1. The highest BCUT2D eigenvalue weighted by Crippen LogP contribution is 2.38. The predicted octanol–water partition coefficient (Wildman–Crippen LogP) is 4.27. The molecule has 0 aromatic heterocycles. The topological polar surface area (TPSA) is 75.7 Å². The average molecular weight is 471 g/mol. The Morgan fingerprint density at radius 1 is 1.09 bits per heavy atom. The molecule has 0 fully saturated rings. The Bertz CT molecular complexity index is 1170. The lowest BCUT2D eigenvalue weighted by atomic mass is 9.86. The number of sulfonamides is 1. The number of ether oxygens (including phenoxy) is 1. The lowest BCUT2D eigenvalue weighted by molar-refractivity contribution is -0.128. The van der Waals surface area contributed by atoms with Gasteiger partial charge in [0.15, 0.2) is 6.10 Å². The van der Waals surface area contributed by atoms with Gasteiger partial charge in [0.1, 0.15) is 5.75 Å². The summed E-state index contributed by atoms with van der Waals surface area (Å²) in [5.74, 6) is 0.0840. The number of benzene rings is 2. The zero-order valence-corrected chi connectivity index (χ0v) is 21.0. The molecule has 1 aliphatic heterocycles. The Kier molecular flexibility index (Phi) is 6.20. The molecule has 2 aromatic carbocycles. The van der Waals surface area contributed by atoms with E-state index in [9.17, 15) is 13.2 Å². The zero-order valence-electron chi connectivity index (χ0n) is 20.1. The molecule has 2 atom stereocenters. The molecule has 1 N–H and O–H groups in total. The molecule has 2 aromatic rings. The number of carbonyl (C=O) groups is 1. The van der Waals surface area contributed by atoms with Crippen LogP contribution in [0.15, 0.2) is 36.4 Å². The minimum atomic E-state index is -3.59. The Morgan fingerprint density at radius 2 is 1.79 bits per heavy atom. The van der Waals surface area contributed by atoms with Gasteiger partial charge < -0.3 is 10.1 Å². The van der Waals surface area contributed by atoms with E-state index in [1.807, 2.05) is 19.1 Å². The molecule has 1 aliphatic carbocycles. The third-order valence-corrected chi connectivity index (χ3v) is 7.77. The first-order valence-electron chi connectivity index (χ1n) is 11.6. The van der Waals surface area contributed by atoms with Crippen molar-refractivity contribution in [2.75, 3.05) is 17.1 Å². The largest absolute Gasteiger partial charge is 0.476 e. The Labute approximate surface area is 197 Å².